The van der Waals surface area contributed by atoms with E-state index in [2.05, 4.69) is 5.32 Å². The molecule has 0 aliphatic carbocycles. The Labute approximate surface area is 166 Å². The van der Waals surface area contributed by atoms with Crippen LogP contribution in [0.25, 0.3) is 0 Å². The van der Waals surface area contributed by atoms with Gasteiger partial charge in [-0.2, -0.15) is 0 Å². The van der Waals surface area contributed by atoms with Gasteiger partial charge < -0.3 is 10.1 Å². The van der Waals surface area contributed by atoms with Gasteiger partial charge in [0.2, 0.25) is 10.0 Å². The summed E-state index contributed by atoms with van der Waals surface area (Å²) in [6, 6.07) is 14.3. The second kappa shape index (κ2) is 8.65. The van der Waals surface area contributed by atoms with Crippen molar-refractivity contribution in [3.05, 3.63) is 59.7 Å². The molecule has 28 heavy (non-hydrogen) atoms. The largest absolute Gasteiger partial charge is 0.491 e. The number of hydrogen-bond donors (Lipinski definition) is 1. The Morgan fingerprint density at radius 3 is 2.36 bits per heavy atom. The molecule has 0 saturated carbocycles. The molecule has 1 N–H and O–H groups in total. The molecule has 0 unspecified atom stereocenters. The summed E-state index contributed by atoms with van der Waals surface area (Å²) in [4.78, 5) is 12.4. The molecular weight excluding hydrogens is 376 g/mol. The summed E-state index contributed by atoms with van der Waals surface area (Å²) in [5.74, 6) is 0.778. The van der Waals surface area contributed by atoms with E-state index >= 15 is 0 Å². The Hall–Kier alpha value is -2.54. The lowest BCUT2D eigenvalue weighted by atomic mass is 10.1. The average Bonchev–Trinajstić information content (AvgIpc) is 2.67. The molecule has 2 aromatic rings. The maximum absolute atomic E-state index is 12.4. The number of hydrogen-bond acceptors (Lipinski definition) is 4. The first-order chi connectivity index (χ1) is 13.3. The van der Waals surface area contributed by atoms with E-state index in [1.807, 2.05) is 38.1 Å². The van der Waals surface area contributed by atoms with E-state index in [9.17, 15) is 13.2 Å². The van der Waals surface area contributed by atoms with E-state index in [0.717, 1.165) is 17.7 Å². The Morgan fingerprint density at radius 1 is 1.07 bits per heavy atom. The van der Waals surface area contributed by atoms with Gasteiger partial charge in [0.05, 0.1) is 17.5 Å². The minimum Gasteiger partial charge on any atom is -0.491 e. The molecule has 0 radical (unpaired) electrons. The second-order valence-electron chi connectivity index (χ2n) is 7.14. The highest BCUT2D eigenvalue weighted by molar-refractivity contribution is 7.92. The van der Waals surface area contributed by atoms with Crippen LogP contribution < -0.4 is 14.4 Å². The molecule has 0 atom stereocenters. The predicted octanol–water partition coefficient (Wildman–Crippen LogP) is 3.33. The molecule has 1 heterocycles. The van der Waals surface area contributed by atoms with Crippen LogP contribution in [0.2, 0.25) is 0 Å². The summed E-state index contributed by atoms with van der Waals surface area (Å²) in [7, 11) is -3.24. The fourth-order valence-corrected chi connectivity index (χ4v) is 4.74. The molecule has 1 aliphatic heterocycles. The zero-order valence-corrected chi connectivity index (χ0v) is 17.0. The zero-order chi connectivity index (χ0) is 20.1. The van der Waals surface area contributed by atoms with Crippen LogP contribution in [0.3, 0.4) is 0 Å². The molecule has 2 aromatic carbocycles. The molecule has 0 aromatic heterocycles. The number of anilines is 1. The SMILES string of the molecule is CC(C)Oc1ccc(CNC(=O)c2ccc(N3CCCCS3(=O)=O)cc2)cc1. The van der Waals surface area contributed by atoms with Crippen molar-refractivity contribution >= 4 is 21.6 Å². The number of rotatable bonds is 6. The Balaban J connectivity index is 1.59. The topological polar surface area (TPSA) is 75.7 Å². The quantitative estimate of drug-likeness (QED) is 0.804. The van der Waals surface area contributed by atoms with Crippen LogP contribution in [0.1, 0.15) is 42.6 Å². The molecule has 0 spiro atoms. The van der Waals surface area contributed by atoms with Crippen LogP contribution >= 0.6 is 0 Å². The number of sulfonamides is 1. The minimum absolute atomic E-state index is 0.119. The van der Waals surface area contributed by atoms with E-state index in [0.29, 0.717) is 30.8 Å². The van der Waals surface area contributed by atoms with Crippen LogP contribution in [0.4, 0.5) is 5.69 Å². The van der Waals surface area contributed by atoms with Crippen LogP contribution in [0.5, 0.6) is 5.75 Å². The maximum Gasteiger partial charge on any atom is 0.251 e. The number of amides is 1. The highest BCUT2D eigenvalue weighted by Gasteiger charge is 2.25. The zero-order valence-electron chi connectivity index (χ0n) is 16.2. The summed E-state index contributed by atoms with van der Waals surface area (Å²) in [6.07, 6.45) is 1.67. The minimum atomic E-state index is -3.24. The van der Waals surface area contributed by atoms with Crippen LogP contribution in [-0.4, -0.2) is 32.7 Å². The monoisotopic (exact) mass is 402 g/mol. The summed E-state index contributed by atoms with van der Waals surface area (Å²) < 4.78 is 31.4. The fraction of sp³-hybridized carbons (Fsp3) is 0.381. The van der Waals surface area contributed by atoms with Crippen molar-refractivity contribution in [2.75, 3.05) is 16.6 Å². The Kier molecular flexibility index (Phi) is 6.24. The second-order valence-corrected chi connectivity index (χ2v) is 9.15. The van der Waals surface area contributed by atoms with Crippen molar-refractivity contribution in [3.63, 3.8) is 0 Å². The highest BCUT2D eigenvalue weighted by atomic mass is 32.2. The third kappa shape index (κ3) is 5.04. The molecule has 1 saturated heterocycles. The lowest BCUT2D eigenvalue weighted by Crippen LogP contribution is -2.37. The third-order valence-electron chi connectivity index (χ3n) is 4.51. The highest BCUT2D eigenvalue weighted by Crippen LogP contribution is 2.23. The summed E-state index contributed by atoms with van der Waals surface area (Å²) in [5.41, 5.74) is 2.08. The van der Waals surface area contributed by atoms with Gasteiger partial charge in [-0.15, -0.1) is 0 Å². The van der Waals surface area contributed by atoms with Crippen molar-refractivity contribution in [1.82, 2.24) is 5.32 Å². The van der Waals surface area contributed by atoms with E-state index < -0.39 is 10.0 Å². The van der Waals surface area contributed by atoms with Gasteiger partial charge in [-0.1, -0.05) is 12.1 Å². The van der Waals surface area contributed by atoms with Crippen LogP contribution in [-0.2, 0) is 16.6 Å². The molecular formula is C21H26N2O4S. The summed E-state index contributed by atoms with van der Waals surface area (Å²) in [5, 5.41) is 2.88. The van der Waals surface area contributed by atoms with E-state index in [4.69, 9.17) is 4.74 Å². The maximum atomic E-state index is 12.4. The number of carbonyl (C=O) groups excluding carboxylic acids is 1. The lowest BCUT2D eigenvalue weighted by Gasteiger charge is -2.28. The number of nitrogens with one attached hydrogen (secondary N) is 1. The van der Waals surface area contributed by atoms with Crippen molar-refractivity contribution in [2.45, 2.75) is 39.3 Å². The molecule has 7 heteroatoms. The first-order valence-corrected chi connectivity index (χ1v) is 11.1. The van der Waals surface area contributed by atoms with Gasteiger partial charge in [0.25, 0.3) is 5.91 Å². The Morgan fingerprint density at radius 2 is 1.75 bits per heavy atom. The molecule has 150 valence electrons. The lowest BCUT2D eigenvalue weighted by molar-refractivity contribution is 0.0951. The van der Waals surface area contributed by atoms with Crippen LogP contribution in [0.15, 0.2) is 48.5 Å². The van der Waals surface area contributed by atoms with E-state index in [1.165, 1.54) is 4.31 Å². The Bertz CT molecular complexity index is 906. The molecule has 3 rings (SSSR count). The summed E-state index contributed by atoms with van der Waals surface area (Å²) in [6.45, 7) is 4.84. The first-order valence-electron chi connectivity index (χ1n) is 9.49. The molecule has 1 aliphatic rings. The van der Waals surface area contributed by atoms with Crippen molar-refractivity contribution < 1.29 is 17.9 Å². The third-order valence-corrected chi connectivity index (χ3v) is 6.38. The fourth-order valence-electron chi connectivity index (χ4n) is 3.10. The molecule has 0 bridgehead atoms. The van der Waals surface area contributed by atoms with E-state index in [-0.39, 0.29) is 17.8 Å². The summed E-state index contributed by atoms with van der Waals surface area (Å²) >= 11 is 0. The first kappa shape index (κ1) is 20.2. The van der Waals surface area contributed by atoms with Crippen molar-refractivity contribution in [3.8, 4) is 5.75 Å². The predicted molar refractivity (Wildman–Crippen MR) is 110 cm³/mol. The van der Waals surface area contributed by atoms with Crippen molar-refractivity contribution in [1.29, 1.82) is 0 Å². The van der Waals surface area contributed by atoms with Gasteiger partial charge in [0.15, 0.2) is 0 Å². The van der Waals surface area contributed by atoms with Gasteiger partial charge in [0.1, 0.15) is 5.75 Å². The average molecular weight is 403 g/mol. The van der Waals surface area contributed by atoms with Gasteiger partial charge in [0, 0.05) is 18.7 Å². The van der Waals surface area contributed by atoms with E-state index in [1.54, 1.807) is 24.3 Å². The number of nitrogens with zero attached hydrogens (tertiary/aromatic N) is 1. The standard InChI is InChI=1S/C21H26N2O4S/c1-16(2)27-20-11-5-17(6-12-20)15-22-21(24)18-7-9-19(10-8-18)23-13-3-4-14-28(23,25)26/h5-12,16H,3-4,13-15H2,1-2H3,(H,22,24). The van der Waals surface area contributed by atoms with Gasteiger partial charge in [-0.25, -0.2) is 8.42 Å². The van der Waals surface area contributed by atoms with Gasteiger partial charge in [-0.3, -0.25) is 9.10 Å². The number of ether oxygens (including phenoxy) is 1. The van der Waals surface area contributed by atoms with Gasteiger partial charge in [-0.05, 0) is 68.7 Å². The van der Waals surface area contributed by atoms with Gasteiger partial charge >= 0.3 is 0 Å². The van der Waals surface area contributed by atoms with Crippen molar-refractivity contribution in [2.24, 2.45) is 0 Å². The molecule has 1 fully saturated rings. The molecule has 6 nitrogen and oxygen atoms in total. The van der Waals surface area contributed by atoms with Crippen LogP contribution in [0, 0.1) is 0 Å². The smallest absolute Gasteiger partial charge is 0.251 e. The number of benzene rings is 2. The number of carbonyl (C=O) groups is 1. The molecule has 1 amide bonds. The normalized spacial score (nSPS) is 16.0.